The summed E-state index contributed by atoms with van der Waals surface area (Å²) >= 11 is 4.42. The SMILES string of the molecule is CCC(=O)OCC=S. The molecule has 0 atom stereocenters. The highest BCUT2D eigenvalue weighted by molar-refractivity contribution is 7.79. The lowest BCUT2D eigenvalue weighted by molar-refractivity contribution is -0.141. The monoisotopic (exact) mass is 132 g/mol. The summed E-state index contributed by atoms with van der Waals surface area (Å²) in [4.78, 5) is 10.3. The maximum absolute atomic E-state index is 10.3. The van der Waals surface area contributed by atoms with Gasteiger partial charge in [-0.15, -0.1) is 0 Å². The van der Waals surface area contributed by atoms with Gasteiger partial charge in [0.15, 0.2) is 0 Å². The van der Waals surface area contributed by atoms with Gasteiger partial charge < -0.3 is 4.74 Å². The summed E-state index contributed by atoms with van der Waals surface area (Å²) in [5, 5.41) is 1.38. The van der Waals surface area contributed by atoms with E-state index in [1.165, 1.54) is 5.37 Å². The van der Waals surface area contributed by atoms with Crippen LogP contribution in [0.25, 0.3) is 0 Å². The fraction of sp³-hybridized carbons (Fsp3) is 0.600. The molecule has 0 aliphatic heterocycles. The first-order valence-electron chi connectivity index (χ1n) is 2.40. The van der Waals surface area contributed by atoms with Crippen molar-refractivity contribution in [1.82, 2.24) is 0 Å². The minimum atomic E-state index is -0.203. The van der Waals surface area contributed by atoms with E-state index in [9.17, 15) is 4.79 Å². The molecule has 0 radical (unpaired) electrons. The van der Waals surface area contributed by atoms with Crippen molar-refractivity contribution in [2.45, 2.75) is 13.3 Å². The Morgan fingerprint density at radius 3 is 2.88 bits per heavy atom. The number of carbonyl (C=O) groups excluding carboxylic acids is 1. The Labute approximate surface area is 53.8 Å². The Balaban J connectivity index is 3.11. The molecule has 0 spiro atoms. The summed E-state index contributed by atoms with van der Waals surface area (Å²) in [7, 11) is 0. The maximum Gasteiger partial charge on any atom is 0.305 e. The molecular formula is C5H8O2S. The summed E-state index contributed by atoms with van der Waals surface area (Å²) < 4.78 is 4.54. The molecule has 0 N–H and O–H groups in total. The molecule has 0 aromatic heterocycles. The molecule has 46 valence electrons. The minimum absolute atomic E-state index is 0.203. The number of rotatable bonds is 3. The maximum atomic E-state index is 10.3. The first-order chi connectivity index (χ1) is 3.81. The van der Waals surface area contributed by atoms with Gasteiger partial charge in [-0.2, -0.15) is 0 Å². The van der Waals surface area contributed by atoms with E-state index in [1.807, 2.05) is 0 Å². The smallest absolute Gasteiger partial charge is 0.305 e. The summed E-state index contributed by atoms with van der Waals surface area (Å²) in [6.45, 7) is 1.99. The topological polar surface area (TPSA) is 26.3 Å². The Morgan fingerprint density at radius 1 is 1.88 bits per heavy atom. The predicted molar refractivity (Wildman–Crippen MR) is 34.9 cm³/mol. The third-order valence-corrected chi connectivity index (χ3v) is 0.737. The molecule has 0 rings (SSSR count). The Kier molecular flexibility index (Phi) is 4.45. The molecule has 0 saturated heterocycles. The molecular weight excluding hydrogens is 124 g/mol. The second-order valence-corrected chi connectivity index (χ2v) is 1.54. The third kappa shape index (κ3) is 3.74. The number of hydrogen-bond donors (Lipinski definition) is 0. The van der Waals surface area contributed by atoms with Crippen molar-refractivity contribution < 1.29 is 9.53 Å². The molecule has 0 amide bonds. The van der Waals surface area contributed by atoms with Gasteiger partial charge in [0.25, 0.3) is 0 Å². The van der Waals surface area contributed by atoms with Crippen LogP contribution in [0, 0.1) is 0 Å². The van der Waals surface area contributed by atoms with Crippen LogP contribution in [-0.2, 0) is 9.53 Å². The normalized spacial score (nSPS) is 8.12. The molecule has 0 aliphatic rings. The van der Waals surface area contributed by atoms with Crippen LogP contribution in [0.15, 0.2) is 0 Å². The lowest BCUT2D eigenvalue weighted by atomic mass is 10.5. The van der Waals surface area contributed by atoms with Crippen molar-refractivity contribution in [3.05, 3.63) is 0 Å². The summed E-state index contributed by atoms with van der Waals surface area (Å²) in [5.41, 5.74) is 0. The van der Waals surface area contributed by atoms with Crippen LogP contribution >= 0.6 is 12.2 Å². The largest absolute Gasteiger partial charge is 0.461 e. The van der Waals surface area contributed by atoms with Gasteiger partial charge in [-0.1, -0.05) is 19.1 Å². The molecule has 0 fully saturated rings. The van der Waals surface area contributed by atoms with Gasteiger partial charge in [-0.05, 0) is 0 Å². The van der Waals surface area contributed by atoms with E-state index in [1.54, 1.807) is 6.92 Å². The molecule has 2 nitrogen and oxygen atoms in total. The quantitative estimate of drug-likeness (QED) is 0.422. The minimum Gasteiger partial charge on any atom is -0.461 e. The first kappa shape index (κ1) is 7.56. The van der Waals surface area contributed by atoms with E-state index in [2.05, 4.69) is 17.0 Å². The van der Waals surface area contributed by atoms with Crippen LogP contribution in [0.3, 0.4) is 0 Å². The van der Waals surface area contributed by atoms with Crippen LogP contribution in [0.4, 0.5) is 0 Å². The van der Waals surface area contributed by atoms with E-state index in [0.717, 1.165) is 0 Å². The predicted octanol–water partition coefficient (Wildman–Crippen LogP) is 0.939. The fourth-order valence-electron chi connectivity index (χ4n) is 0.229. The number of carbonyl (C=O) groups is 1. The van der Waals surface area contributed by atoms with E-state index in [4.69, 9.17) is 0 Å². The zero-order valence-corrected chi connectivity index (χ0v) is 5.53. The van der Waals surface area contributed by atoms with Crippen LogP contribution in [0.2, 0.25) is 0 Å². The summed E-state index contributed by atoms with van der Waals surface area (Å²) in [6.07, 6.45) is 0.420. The molecule has 0 aliphatic carbocycles. The van der Waals surface area contributed by atoms with Crippen molar-refractivity contribution in [3.8, 4) is 0 Å². The highest BCUT2D eigenvalue weighted by Crippen LogP contribution is 1.80. The van der Waals surface area contributed by atoms with Crippen molar-refractivity contribution in [2.24, 2.45) is 0 Å². The van der Waals surface area contributed by atoms with Gasteiger partial charge in [0.2, 0.25) is 0 Å². The highest BCUT2D eigenvalue weighted by Gasteiger charge is 1.92. The van der Waals surface area contributed by atoms with Crippen molar-refractivity contribution in [1.29, 1.82) is 0 Å². The standard InChI is InChI=1S/C5H8O2S/c1-2-5(6)7-3-4-8/h4H,2-3H2,1H3. The lowest BCUT2D eigenvalue weighted by Gasteiger charge is -1.94. The summed E-state index contributed by atoms with van der Waals surface area (Å²) in [5.74, 6) is -0.203. The molecule has 0 aromatic rings. The highest BCUT2D eigenvalue weighted by atomic mass is 32.1. The second-order valence-electron chi connectivity index (χ2n) is 1.20. The number of thiocarbonyl (C=S) groups is 1. The van der Waals surface area contributed by atoms with Crippen LogP contribution < -0.4 is 0 Å². The van der Waals surface area contributed by atoms with E-state index < -0.39 is 0 Å². The van der Waals surface area contributed by atoms with E-state index in [-0.39, 0.29) is 12.6 Å². The van der Waals surface area contributed by atoms with Crippen molar-refractivity contribution in [3.63, 3.8) is 0 Å². The zero-order valence-electron chi connectivity index (χ0n) is 4.72. The number of esters is 1. The van der Waals surface area contributed by atoms with Gasteiger partial charge >= 0.3 is 5.97 Å². The van der Waals surface area contributed by atoms with Gasteiger partial charge in [-0.3, -0.25) is 4.79 Å². The first-order valence-corrected chi connectivity index (χ1v) is 2.87. The molecule has 8 heavy (non-hydrogen) atoms. The average molecular weight is 132 g/mol. The van der Waals surface area contributed by atoms with Gasteiger partial charge in [0, 0.05) is 11.8 Å². The molecule has 0 unspecified atom stereocenters. The van der Waals surface area contributed by atoms with Gasteiger partial charge in [0.1, 0.15) is 6.61 Å². The second kappa shape index (κ2) is 4.71. The zero-order chi connectivity index (χ0) is 6.41. The average Bonchev–Trinajstić information content (AvgIpc) is 1.83. The van der Waals surface area contributed by atoms with Gasteiger partial charge in [0.05, 0.1) is 0 Å². The Bertz CT molecular complexity index is 90.4. The molecule has 0 saturated carbocycles. The number of ether oxygens (including phenoxy) is 1. The van der Waals surface area contributed by atoms with Crippen molar-refractivity contribution >= 4 is 23.6 Å². The molecule has 0 heterocycles. The molecule has 0 aromatic carbocycles. The van der Waals surface area contributed by atoms with Crippen LogP contribution in [0.1, 0.15) is 13.3 Å². The van der Waals surface area contributed by atoms with Gasteiger partial charge in [-0.25, -0.2) is 0 Å². The van der Waals surface area contributed by atoms with Crippen LogP contribution in [0.5, 0.6) is 0 Å². The summed E-state index contributed by atoms with van der Waals surface area (Å²) in [6, 6.07) is 0. The molecule has 3 heteroatoms. The number of hydrogen-bond acceptors (Lipinski definition) is 3. The molecule has 0 bridgehead atoms. The fourth-order valence-corrected chi connectivity index (χ4v) is 0.297. The van der Waals surface area contributed by atoms with E-state index in [0.29, 0.717) is 6.42 Å². The van der Waals surface area contributed by atoms with E-state index >= 15 is 0 Å². The third-order valence-electron chi connectivity index (χ3n) is 0.601. The lowest BCUT2D eigenvalue weighted by Crippen LogP contribution is -2.03. The van der Waals surface area contributed by atoms with Crippen LogP contribution in [-0.4, -0.2) is 17.9 Å². The Hall–Kier alpha value is -0.440. The Morgan fingerprint density at radius 2 is 2.50 bits per heavy atom. The van der Waals surface area contributed by atoms with Crippen molar-refractivity contribution in [2.75, 3.05) is 6.61 Å².